The number of rotatable bonds is 3. The van der Waals surface area contributed by atoms with Crippen molar-refractivity contribution in [3.8, 4) is 0 Å². The number of aromatic nitrogens is 2. The van der Waals surface area contributed by atoms with Crippen molar-refractivity contribution in [3.63, 3.8) is 0 Å². The van der Waals surface area contributed by atoms with Crippen molar-refractivity contribution in [2.75, 3.05) is 13.1 Å². The molecule has 3 nitrogen and oxygen atoms in total. The molecule has 78 valence electrons. The van der Waals surface area contributed by atoms with Crippen LogP contribution < -0.4 is 5.32 Å². The molecule has 1 fully saturated rings. The van der Waals surface area contributed by atoms with Gasteiger partial charge in [0.1, 0.15) is 11.5 Å². The Morgan fingerprint density at radius 3 is 3.14 bits per heavy atom. The van der Waals surface area contributed by atoms with E-state index < -0.39 is 5.67 Å². The summed E-state index contributed by atoms with van der Waals surface area (Å²) in [6, 6.07) is 0. The third-order valence-electron chi connectivity index (χ3n) is 2.91. The fourth-order valence-electron chi connectivity index (χ4n) is 1.90. The third-order valence-corrected chi connectivity index (χ3v) is 2.91. The van der Waals surface area contributed by atoms with Crippen LogP contribution in [0.5, 0.6) is 0 Å². The van der Waals surface area contributed by atoms with Crippen molar-refractivity contribution in [1.82, 2.24) is 14.9 Å². The lowest BCUT2D eigenvalue weighted by Gasteiger charge is -2.17. The number of hydrogen-bond donors (Lipinski definition) is 1. The van der Waals surface area contributed by atoms with E-state index in [9.17, 15) is 4.39 Å². The average Bonchev–Trinajstić information content (AvgIpc) is 2.73. The van der Waals surface area contributed by atoms with Crippen LogP contribution in [0, 0.1) is 0 Å². The van der Waals surface area contributed by atoms with Gasteiger partial charge < -0.3 is 9.88 Å². The Labute approximate surface area is 83.3 Å². The van der Waals surface area contributed by atoms with E-state index in [0.29, 0.717) is 19.4 Å². The molecule has 14 heavy (non-hydrogen) atoms. The van der Waals surface area contributed by atoms with Crippen LogP contribution in [0.2, 0.25) is 0 Å². The van der Waals surface area contributed by atoms with Gasteiger partial charge in [-0.2, -0.15) is 0 Å². The van der Waals surface area contributed by atoms with E-state index in [1.807, 2.05) is 17.8 Å². The average molecular weight is 197 g/mol. The van der Waals surface area contributed by atoms with Gasteiger partial charge >= 0.3 is 0 Å². The Bertz CT molecular complexity index is 302. The monoisotopic (exact) mass is 197 g/mol. The van der Waals surface area contributed by atoms with Crippen LogP contribution in [-0.2, 0) is 13.5 Å². The summed E-state index contributed by atoms with van der Waals surface area (Å²) in [4.78, 5) is 4.18. The molecule has 0 amide bonds. The van der Waals surface area contributed by atoms with Crippen LogP contribution in [0.25, 0.3) is 0 Å². The van der Waals surface area contributed by atoms with Crippen LogP contribution in [0.1, 0.15) is 18.7 Å². The number of nitrogens with one attached hydrogen (secondary N) is 1. The van der Waals surface area contributed by atoms with E-state index in [4.69, 9.17) is 0 Å². The lowest BCUT2D eigenvalue weighted by molar-refractivity contribution is 0.175. The zero-order chi connectivity index (χ0) is 10.0. The molecule has 0 radical (unpaired) electrons. The summed E-state index contributed by atoms with van der Waals surface area (Å²) in [6.07, 6.45) is 5.59. The maximum atomic E-state index is 13.9. The standard InChI is InChI=1S/C10H16FN3/c1-14-7-6-13-9(14)2-3-10(11)4-5-12-8-10/h6-7,12H,2-5,8H2,1H3. The predicted molar refractivity (Wildman–Crippen MR) is 52.9 cm³/mol. The smallest absolute Gasteiger partial charge is 0.125 e. The van der Waals surface area contributed by atoms with E-state index in [0.717, 1.165) is 18.8 Å². The molecule has 1 N–H and O–H groups in total. The lowest BCUT2D eigenvalue weighted by atomic mass is 9.99. The fourth-order valence-corrected chi connectivity index (χ4v) is 1.90. The molecule has 2 heterocycles. The molecular weight excluding hydrogens is 181 g/mol. The van der Waals surface area contributed by atoms with Crippen molar-refractivity contribution >= 4 is 0 Å². The van der Waals surface area contributed by atoms with Gasteiger partial charge in [0.05, 0.1) is 0 Å². The minimum absolute atomic E-state index is 0.497. The predicted octanol–water partition coefficient (Wildman–Crippen LogP) is 1.05. The first-order chi connectivity index (χ1) is 6.70. The highest BCUT2D eigenvalue weighted by Crippen LogP contribution is 2.25. The second kappa shape index (κ2) is 3.69. The maximum absolute atomic E-state index is 13.9. The molecular formula is C10H16FN3. The topological polar surface area (TPSA) is 29.9 Å². The van der Waals surface area contributed by atoms with Crippen molar-refractivity contribution in [1.29, 1.82) is 0 Å². The van der Waals surface area contributed by atoms with Gasteiger partial charge in [-0.25, -0.2) is 9.37 Å². The van der Waals surface area contributed by atoms with Crippen molar-refractivity contribution < 1.29 is 4.39 Å². The van der Waals surface area contributed by atoms with Crippen molar-refractivity contribution in [2.45, 2.75) is 24.9 Å². The molecule has 1 aliphatic heterocycles. The Balaban J connectivity index is 1.91. The summed E-state index contributed by atoms with van der Waals surface area (Å²) in [5.41, 5.74) is -1.01. The second-order valence-electron chi connectivity index (χ2n) is 4.03. The summed E-state index contributed by atoms with van der Waals surface area (Å²) >= 11 is 0. The summed E-state index contributed by atoms with van der Waals surface area (Å²) < 4.78 is 15.9. The number of hydrogen-bond acceptors (Lipinski definition) is 2. The van der Waals surface area contributed by atoms with Crippen molar-refractivity contribution in [2.24, 2.45) is 7.05 Å². The van der Waals surface area contributed by atoms with Crippen molar-refractivity contribution in [3.05, 3.63) is 18.2 Å². The Kier molecular flexibility index (Phi) is 2.54. The van der Waals surface area contributed by atoms with E-state index in [-0.39, 0.29) is 0 Å². The summed E-state index contributed by atoms with van der Waals surface area (Å²) in [5, 5.41) is 3.06. The van der Waals surface area contributed by atoms with E-state index in [2.05, 4.69) is 10.3 Å². The summed E-state index contributed by atoms with van der Waals surface area (Å²) in [7, 11) is 1.94. The fraction of sp³-hybridized carbons (Fsp3) is 0.700. The van der Waals surface area contributed by atoms with Gasteiger partial charge in [-0.05, 0) is 19.4 Å². The number of nitrogens with zero attached hydrogens (tertiary/aromatic N) is 2. The van der Waals surface area contributed by atoms with Crippen LogP contribution in [-0.4, -0.2) is 28.3 Å². The molecule has 1 saturated heterocycles. The summed E-state index contributed by atoms with van der Waals surface area (Å²) in [6.45, 7) is 1.30. The summed E-state index contributed by atoms with van der Waals surface area (Å²) in [5.74, 6) is 0.967. The van der Waals surface area contributed by atoms with Gasteiger partial charge in [-0.3, -0.25) is 0 Å². The maximum Gasteiger partial charge on any atom is 0.125 e. The minimum Gasteiger partial charge on any atom is -0.338 e. The first-order valence-electron chi connectivity index (χ1n) is 5.05. The number of alkyl halides is 1. The molecule has 4 heteroatoms. The molecule has 1 aliphatic rings. The molecule has 0 aromatic carbocycles. The molecule has 0 spiro atoms. The van der Waals surface area contributed by atoms with Gasteiger partial charge in [-0.1, -0.05) is 0 Å². The molecule has 1 unspecified atom stereocenters. The quantitative estimate of drug-likeness (QED) is 0.785. The zero-order valence-electron chi connectivity index (χ0n) is 8.46. The number of imidazole rings is 1. The molecule has 0 saturated carbocycles. The largest absolute Gasteiger partial charge is 0.338 e. The van der Waals surface area contributed by atoms with E-state index >= 15 is 0 Å². The number of aryl methyl sites for hydroxylation is 2. The van der Waals surface area contributed by atoms with Gasteiger partial charge in [0.2, 0.25) is 0 Å². The highest BCUT2D eigenvalue weighted by atomic mass is 19.1. The zero-order valence-corrected chi connectivity index (χ0v) is 8.46. The van der Waals surface area contributed by atoms with Gasteiger partial charge in [0.25, 0.3) is 0 Å². The molecule has 0 bridgehead atoms. The molecule has 1 aromatic heterocycles. The lowest BCUT2D eigenvalue weighted by Crippen LogP contribution is -2.26. The second-order valence-corrected chi connectivity index (χ2v) is 4.03. The van der Waals surface area contributed by atoms with Gasteiger partial charge in [0.15, 0.2) is 0 Å². The highest BCUT2D eigenvalue weighted by Gasteiger charge is 2.33. The van der Waals surface area contributed by atoms with Gasteiger partial charge in [-0.15, -0.1) is 0 Å². The molecule has 2 rings (SSSR count). The van der Waals surface area contributed by atoms with Gasteiger partial charge in [0, 0.05) is 32.4 Å². The van der Waals surface area contributed by atoms with Crippen LogP contribution in [0.4, 0.5) is 4.39 Å². The first-order valence-corrected chi connectivity index (χ1v) is 5.05. The third kappa shape index (κ3) is 1.95. The Morgan fingerprint density at radius 2 is 2.57 bits per heavy atom. The van der Waals surface area contributed by atoms with Crippen LogP contribution in [0.15, 0.2) is 12.4 Å². The Hall–Kier alpha value is -0.900. The molecule has 0 aliphatic carbocycles. The minimum atomic E-state index is -1.01. The highest BCUT2D eigenvalue weighted by molar-refractivity contribution is 4.96. The number of halogens is 1. The Morgan fingerprint density at radius 1 is 1.71 bits per heavy atom. The van der Waals surface area contributed by atoms with E-state index in [1.165, 1.54) is 0 Å². The van der Waals surface area contributed by atoms with E-state index in [1.54, 1.807) is 6.20 Å². The first kappa shape index (κ1) is 9.65. The van der Waals surface area contributed by atoms with Crippen LogP contribution in [0.3, 0.4) is 0 Å². The molecule has 1 aromatic rings. The SMILES string of the molecule is Cn1ccnc1CCC1(F)CCNC1. The molecule has 1 atom stereocenters. The normalized spacial score (nSPS) is 27.0. The van der Waals surface area contributed by atoms with Crippen LogP contribution >= 0.6 is 0 Å².